The number of hydrogen-bond donors (Lipinski definition) is 0. The van der Waals surface area contributed by atoms with Crippen LogP contribution in [0.1, 0.15) is 134 Å². The maximum atomic E-state index is 10.7. The highest BCUT2D eigenvalue weighted by Crippen LogP contribution is 2.43. The zero-order valence-electron chi connectivity index (χ0n) is 32.4. The van der Waals surface area contributed by atoms with Gasteiger partial charge < -0.3 is 4.74 Å². The molecule has 0 amide bonds. The number of rotatable bonds is 12. The zero-order valence-corrected chi connectivity index (χ0v) is 32.4. The minimum Gasteiger partial charge on any atom is -0.462 e. The number of ether oxygens (including phenoxy) is 1. The van der Waals surface area contributed by atoms with Crippen molar-refractivity contribution in [3.8, 4) is 6.07 Å². The first-order chi connectivity index (χ1) is 22.5. The minimum absolute atomic E-state index is 0.251. The summed E-state index contributed by atoms with van der Waals surface area (Å²) in [6.45, 7) is 25.4. The quantitative estimate of drug-likeness (QED) is 0.0690. The van der Waals surface area contributed by atoms with Gasteiger partial charge in [-0.2, -0.15) is 5.26 Å². The van der Waals surface area contributed by atoms with E-state index in [4.69, 9.17) is 10.00 Å². The normalized spacial score (nSPS) is 18.7. The van der Waals surface area contributed by atoms with Crippen LogP contribution >= 0.6 is 0 Å². The van der Waals surface area contributed by atoms with Gasteiger partial charge in [0.1, 0.15) is 12.9 Å². The monoisotopic (exact) mass is 655 g/mol. The number of carbonyl (C=O) groups is 2. The van der Waals surface area contributed by atoms with E-state index in [1.54, 1.807) is 23.3 Å². The van der Waals surface area contributed by atoms with Crippen LogP contribution < -0.4 is 0 Å². The maximum Gasteiger partial charge on any atom is 0.302 e. The van der Waals surface area contributed by atoms with Crippen LogP contribution in [0.4, 0.5) is 0 Å². The number of allylic oxidation sites excluding steroid dienone is 17. The van der Waals surface area contributed by atoms with Crippen molar-refractivity contribution in [2.75, 3.05) is 6.61 Å². The molecular weight excluding hydrogens is 590 g/mol. The highest BCUT2D eigenvalue weighted by Gasteiger charge is 2.28. The SMILES string of the molecule is CC#N.CC(=O)OC/C=C(C)/C=C/C=C(C)/C=C/C1=C(C)CCCC1(C)C.CC1=C(CC/C(C)=C/C=C/C(C)=C/C=O)C(C)(C)CCC1. The van der Waals surface area contributed by atoms with Crippen molar-refractivity contribution in [3.05, 3.63) is 105 Å². The Morgan fingerprint density at radius 1 is 0.812 bits per heavy atom. The van der Waals surface area contributed by atoms with Crippen LogP contribution in [0.5, 0.6) is 0 Å². The average Bonchev–Trinajstić information content (AvgIpc) is 2.97. The van der Waals surface area contributed by atoms with Crippen LogP contribution in [0.3, 0.4) is 0 Å². The molecular formula is C44H65NO3. The van der Waals surface area contributed by atoms with Crippen molar-refractivity contribution < 1.29 is 14.3 Å². The van der Waals surface area contributed by atoms with Gasteiger partial charge in [0.2, 0.25) is 0 Å². The van der Waals surface area contributed by atoms with Gasteiger partial charge in [-0.25, -0.2) is 0 Å². The van der Waals surface area contributed by atoms with Crippen LogP contribution in [0.25, 0.3) is 0 Å². The Kier molecular flexibility index (Phi) is 21.8. The fraction of sp³-hybridized carbons (Fsp3) is 0.523. The maximum absolute atomic E-state index is 10.7. The predicted octanol–water partition coefficient (Wildman–Crippen LogP) is 12.6. The Hall–Kier alpha value is -3.71. The lowest BCUT2D eigenvalue weighted by Gasteiger charge is -2.34. The van der Waals surface area contributed by atoms with Crippen LogP contribution in [-0.2, 0) is 14.3 Å². The summed E-state index contributed by atoms with van der Waals surface area (Å²) >= 11 is 0. The Bertz CT molecular complexity index is 1370. The lowest BCUT2D eigenvalue weighted by molar-refractivity contribution is -0.139. The first-order valence-corrected chi connectivity index (χ1v) is 17.5. The van der Waals surface area contributed by atoms with E-state index >= 15 is 0 Å². The van der Waals surface area contributed by atoms with E-state index in [2.05, 4.69) is 79.7 Å². The molecule has 0 saturated carbocycles. The Balaban J connectivity index is 0.000000856. The first-order valence-electron chi connectivity index (χ1n) is 17.5. The van der Waals surface area contributed by atoms with E-state index in [9.17, 15) is 9.59 Å². The number of esters is 1. The third-order valence-corrected chi connectivity index (χ3v) is 8.99. The fourth-order valence-corrected chi connectivity index (χ4v) is 6.15. The van der Waals surface area contributed by atoms with Crippen molar-refractivity contribution in [2.24, 2.45) is 10.8 Å². The molecule has 0 N–H and O–H groups in total. The Morgan fingerprint density at radius 3 is 1.92 bits per heavy atom. The summed E-state index contributed by atoms with van der Waals surface area (Å²) in [6, 6.07) is 1.75. The lowest BCUT2D eigenvalue weighted by atomic mass is 9.71. The van der Waals surface area contributed by atoms with Gasteiger partial charge in [-0.05, 0) is 127 Å². The molecule has 0 unspecified atom stereocenters. The van der Waals surface area contributed by atoms with Crippen molar-refractivity contribution in [2.45, 2.75) is 134 Å². The van der Waals surface area contributed by atoms with Crippen molar-refractivity contribution in [3.63, 3.8) is 0 Å². The molecule has 264 valence electrons. The highest BCUT2D eigenvalue weighted by molar-refractivity contribution is 5.67. The van der Waals surface area contributed by atoms with Gasteiger partial charge in [-0.1, -0.05) is 110 Å². The molecule has 2 rings (SSSR count). The predicted molar refractivity (Wildman–Crippen MR) is 206 cm³/mol. The van der Waals surface area contributed by atoms with Gasteiger partial charge >= 0.3 is 5.97 Å². The number of nitriles is 1. The van der Waals surface area contributed by atoms with Crippen molar-refractivity contribution in [1.82, 2.24) is 0 Å². The van der Waals surface area contributed by atoms with Crippen molar-refractivity contribution in [1.29, 1.82) is 5.26 Å². The summed E-state index contributed by atoms with van der Waals surface area (Å²) in [5.41, 5.74) is 11.6. The van der Waals surface area contributed by atoms with E-state index in [1.807, 2.05) is 44.2 Å². The van der Waals surface area contributed by atoms with E-state index in [1.165, 1.54) is 81.1 Å². The molecule has 0 heterocycles. The zero-order chi connectivity index (χ0) is 36.8. The molecule has 0 spiro atoms. The number of carbonyl (C=O) groups excluding carboxylic acids is 2. The number of nitrogens with zero attached hydrogens (tertiary/aromatic N) is 1. The van der Waals surface area contributed by atoms with E-state index in [0.29, 0.717) is 12.0 Å². The standard InChI is InChI=1S/C22H32O2.C20H30O.C2H3N/c1-17(9-7-10-18(2)14-16-24-20(4)23)12-13-21-19(3)11-8-15-22(21,5)6;1-16(8-6-9-17(2)13-15-21)11-12-19-18(3)10-7-14-20(19,4)5;1-2-3/h7,9-10,12-14H,8,11,15-16H2,1-6H3;6,8-9,13,15H,7,10-12,14H2,1-5H3;1H3/b10-7+,13-12+,17-9+,18-14+;9-6+,16-8+,17-13+;. The largest absolute Gasteiger partial charge is 0.462 e. The summed E-state index contributed by atoms with van der Waals surface area (Å²) in [7, 11) is 0. The third kappa shape index (κ3) is 19.2. The van der Waals surface area contributed by atoms with E-state index in [0.717, 1.165) is 23.9 Å². The van der Waals surface area contributed by atoms with Gasteiger partial charge in [0, 0.05) is 13.8 Å². The van der Waals surface area contributed by atoms with Crippen LogP contribution in [-0.4, -0.2) is 18.9 Å². The Labute approximate surface area is 294 Å². The van der Waals surface area contributed by atoms with Gasteiger partial charge in [0.15, 0.2) is 0 Å². The van der Waals surface area contributed by atoms with Crippen molar-refractivity contribution >= 4 is 12.3 Å². The number of hydrogen-bond acceptors (Lipinski definition) is 4. The van der Waals surface area contributed by atoms with Gasteiger partial charge in [0.25, 0.3) is 0 Å². The first kappa shape index (κ1) is 44.3. The molecule has 0 aromatic heterocycles. The minimum atomic E-state index is -0.251. The molecule has 4 nitrogen and oxygen atoms in total. The molecule has 2 aliphatic rings. The second-order valence-corrected chi connectivity index (χ2v) is 14.4. The second kappa shape index (κ2) is 23.6. The lowest BCUT2D eigenvalue weighted by Crippen LogP contribution is -2.20. The molecule has 4 heteroatoms. The fourth-order valence-electron chi connectivity index (χ4n) is 6.15. The van der Waals surface area contributed by atoms with E-state index in [-0.39, 0.29) is 11.4 Å². The third-order valence-electron chi connectivity index (χ3n) is 8.99. The van der Waals surface area contributed by atoms with Gasteiger partial charge in [0.05, 0.1) is 6.07 Å². The molecule has 0 bridgehead atoms. The highest BCUT2D eigenvalue weighted by atomic mass is 16.5. The molecule has 2 aliphatic carbocycles. The second-order valence-electron chi connectivity index (χ2n) is 14.4. The van der Waals surface area contributed by atoms with Gasteiger partial charge in [-0.15, -0.1) is 0 Å². The van der Waals surface area contributed by atoms with E-state index < -0.39 is 0 Å². The molecule has 0 atom stereocenters. The van der Waals surface area contributed by atoms with Crippen LogP contribution in [0.15, 0.2) is 105 Å². The topological polar surface area (TPSA) is 67.2 Å². The summed E-state index contributed by atoms with van der Waals surface area (Å²) in [5, 5.41) is 7.32. The molecule has 0 aromatic rings. The smallest absolute Gasteiger partial charge is 0.302 e. The molecule has 0 aromatic carbocycles. The summed E-state index contributed by atoms with van der Waals surface area (Å²) in [5.74, 6) is -0.251. The average molecular weight is 656 g/mol. The Morgan fingerprint density at radius 2 is 1.35 bits per heavy atom. The summed E-state index contributed by atoms with van der Waals surface area (Å²) < 4.78 is 4.89. The molecule has 0 fully saturated rings. The molecule has 0 saturated heterocycles. The molecule has 48 heavy (non-hydrogen) atoms. The van der Waals surface area contributed by atoms with Crippen LogP contribution in [0, 0.1) is 22.2 Å². The van der Waals surface area contributed by atoms with Gasteiger partial charge in [-0.3, -0.25) is 9.59 Å². The molecule has 0 radical (unpaired) electrons. The summed E-state index contributed by atoms with van der Waals surface area (Å²) in [6.07, 6.45) is 31.2. The van der Waals surface area contributed by atoms with Crippen LogP contribution in [0.2, 0.25) is 0 Å². The number of aldehydes is 1. The molecule has 0 aliphatic heterocycles. The summed E-state index contributed by atoms with van der Waals surface area (Å²) in [4.78, 5) is 21.1.